The van der Waals surface area contributed by atoms with Gasteiger partial charge in [-0.05, 0) is 25.1 Å². The number of nitrogens with zero attached hydrogens (tertiary/aromatic N) is 1. The van der Waals surface area contributed by atoms with Gasteiger partial charge in [0.2, 0.25) is 0 Å². The van der Waals surface area contributed by atoms with E-state index >= 15 is 0 Å². The average molecular weight is 342 g/mol. The van der Waals surface area contributed by atoms with E-state index in [1.807, 2.05) is 6.07 Å². The summed E-state index contributed by atoms with van der Waals surface area (Å²) < 4.78 is 0.674. The lowest BCUT2D eigenvalue weighted by molar-refractivity contribution is -0.141. The standard InChI is InChI=1S/C12H12BrN3O4/c1-6(17)10(11(18)19)16-12(20)15-9-3-2-8(13)4-7(9)5-14/h2-4,6,10,17H,1H3,(H,18,19)(H2,15,16,20)/t6-,10+/m1/s1. The van der Waals surface area contributed by atoms with Crippen molar-refractivity contribution < 1.29 is 19.8 Å². The quantitative estimate of drug-likeness (QED) is 0.656. The molecule has 0 aliphatic heterocycles. The van der Waals surface area contributed by atoms with Crippen LogP contribution in [-0.2, 0) is 4.79 Å². The van der Waals surface area contributed by atoms with Crippen molar-refractivity contribution in [3.63, 3.8) is 0 Å². The van der Waals surface area contributed by atoms with E-state index in [4.69, 9.17) is 10.4 Å². The second kappa shape index (κ2) is 6.88. The van der Waals surface area contributed by atoms with Gasteiger partial charge in [0, 0.05) is 4.47 Å². The van der Waals surface area contributed by atoms with Gasteiger partial charge in [0.15, 0.2) is 6.04 Å². The summed E-state index contributed by atoms with van der Waals surface area (Å²) in [5, 5.41) is 31.5. The number of rotatable bonds is 4. The minimum atomic E-state index is -1.43. The van der Waals surface area contributed by atoms with Crippen LogP contribution in [0.15, 0.2) is 22.7 Å². The van der Waals surface area contributed by atoms with Gasteiger partial charge in [-0.1, -0.05) is 15.9 Å². The van der Waals surface area contributed by atoms with Gasteiger partial charge in [-0.3, -0.25) is 0 Å². The summed E-state index contributed by atoms with van der Waals surface area (Å²) in [5.41, 5.74) is 0.460. The highest BCUT2D eigenvalue weighted by Gasteiger charge is 2.25. The van der Waals surface area contributed by atoms with Crippen molar-refractivity contribution in [3.05, 3.63) is 28.2 Å². The lowest BCUT2D eigenvalue weighted by atomic mass is 10.2. The van der Waals surface area contributed by atoms with Crippen molar-refractivity contribution in [1.29, 1.82) is 5.26 Å². The number of hydrogen-bond donors (Lipinski definition) is 4. The summed E-state index contributed by atoms with van der Waals surface area (Å²) in [6.07, 6.45) is -1.25. The first-order valence-electron chi connectivity index (χ1n) is 5.53. The van der Waals surface area contributed by atoms with Crippen LogP contribution >= 0.6 is 15.9 Å². The van der Waals surface area contributed by atoms with Gasteiger partial charge < -0.3 is 20.8 Å². The molecule has 0 fully saturated rings. The Kier molecular flexibility index (Phi) is 5.49. The maximum atomic E-state index is 11.7. The highest BCUT2D eigenvalue weighted by molar-refractivity contribution is 9.10. The van der Waals surface area contributed by atoms with Crippen molar-refractivity contribution in [2.75, 3.05) is 5.32 Å². The fraction of sp³-hybridized carbons (Fsp3) is 0.250. The Morgan fingerprint density at radius 1 is 1.45 bits per heavy atom. The highest BCUT2D eigenvalue weighted by atomic mass is 79.9. The Hall–Kier alpha value is -2.11. The molecular formula is C12H12BrN3O4. The molecule has 8 heteroatoms. The zero-order valence-corrected chi connectivity index (χ0v) is 12.0. The molecule has 0 aromatic heterocycles. The van der Waals surface area contributed by atoms with Gasteiger partial charge in [-0.15, -0.1) is 0 Å². The zero-order chi connectivity index (χ0) is 15.3. The summed E-state index contributed by atoms with van der Waals surface area (Å²) in [7, 11) is 0. The normalized spacial score (nSPS) is 12.9. The Balaban J connectivity index is 2.81. The molecule has 20 heavy (non-hydrogen) atoms. The topological polar surface area (TPSA) is 122 Å². The molecule has 0 aliphatic rings. The summed E-state index contributed by atoms with van der Waals surface area (Å²) in [4.78, 5) is 22.5. The first kappa shape index (κ1) is 15.9. The molecule has 0 unspecified atom stereocenters. The Labute approximate surface area is 123 Å². The van der Waals surface area contributed by atoms with Gasteiger partial charge in [-0.25, -0.2) is 9.59 Å². The number of nitriles is 1. The summed E-state index contributed by atoms with van der Waals surface area (Å²) >= 11 is 3.19. The number of aliphatic hydroxyl groups is 1. The van der Waals surface area contributed by atoms with Gasteiger partial charge in [0.1, 0.15) is 6.07 Å². The predicted octanol–water partition coefficient (Wildman–Crippen LogP) is 1.28. The molecule has 0 spiro atoms. The van der Waals surface area contributed by atoms with Crippen LogP contribution in [0.5, 0.6) is 0 Å². The lowest BCUT2D eigenvalue weighted by Crippen LogP contribution is -2.49. The Bertz CT molecular complexity index is 568. The number of amides is 2. The summed E-state index contributed by atoms with van der Waals surface area (Å²) in [6.45, 7) is 1.25. The van der Waals surface area contributed by atoms with E-state index in [9.17, 15) is 14.7 Å². The lowest BCUT2D eigenvalue weighted by Gasteiger charge is -2.17. The molecular weight excluding hydrogens is 330 g/mol. The van der Waals surface area contributed by atoms with Crippen LogP contribution in [0.3, 0.4) is 0 Å². The molecule has 1 aromatic carbocycles. The molecule has 7 nitrogen and oxygen atoms in total. The largest absolute Gasteiger partial charge is 0.480 e. The smallest absolute Gasteiger partial charge is 0.328 e. The molecule has 1 aromatic rings. The molecule has 0 radical (unpaired) electrons. The van der Waals surface area contributed by atoms with Crippen LogP contribution in [0.25, 0.3) is 0 Å². The second-order valence-electron chi connectivity index (χ2n) is 3.96. The van der Waals surface area contributed by atoms with Crippen LogP contribution in [0.1, 0.15) is 12.5 Å². The molecule has 0 bridgehead atoms. The number of anilines is 1. The number of aliphatic hydroxyl groups excluding tert-OH is 1. The third-order valence-electron chi connectivity index (χ3n) is 2.39. The predicted molar refractivity (Wildman–Crippen MR) is 74.1 cm³/mol. The number of carboxylic acid groups (broad SMARTS) is 1. The van der Waals surface area contributed by atoms with Crippen molar-refractivity contribution in [2.24, 2.45) is 0 Å². The Morgan fingerprint density at radius 3 is 2.60 bits per heavy atom. The minimum absolute atomic E-state index is 0.221. The van der Waals surface area contributed by atoms with Gasteiger partial charge >= 0.3 is 12.0 Å². The van der Waals surface area contributed by atoms with E-state index in [-0.39, 0.29) is 11.3 Å². The SMILES string of the molecule is C[C@@H](O)[C@H](NC(=O)Nc1ccc(Br)cc1C#N)C(=O)O. The highest BCUT2D eigenvalue weighted by Crippen LogP contribution is 2.20. The van der Waals surface area contributed by atoms with Gasteiger partial charge in [-0.2, -0.15) is 5.26 Å². The first-order valence-corrected chi connectivity index (χ1v) is 6.32. The van der Waals surface area contributed by atoms with Crippen molar-refractivity contribution in [1.82, 2.24) is 5.32 Å². The Morgan fingerprint density at radius 2 is 2.10 bits per heavy atom. The summed E-state index contributed by atoms with van der Waals surface area (Å²) in [5.74, 6) is -1.36. The van der Waals surface area contributed by atoms with Crippen LogP contribution in [0.4, 0.5) is 10.5 Å². The number of carboxylic acids is 1. The van der Waals surface area contributed by atoms with E-state index < -0.39 is 24.1 Å². The van der Waals surface area contributed by atoms with Crippen LogP contribution in [0, 0.1) is 11.3 Å². The van der Waals surface area contributed by atoms with Crippen LogP contribution in [-0.4, -0.2) is 34.4 Å². The van der Waals surface area contributed by atoms with E-state index in [1.165, 1.54) is 19.1 Å². The van der Waals surface area contributed by atoms with Crippen molar-refractivity contribution in [2.45, 2.75) is 19.1 Å². The minimum Gasteiger partial charge on any atom is -0.480 e. The molecule has 0 saturated carbocycles. The second-order valence-corrected chi connectivity index (χ2v) is 4.87. The number of carbonyl (C=O) groups is 2. The third-order valence-corrected chi connectivity index (χ3v) is 2.88. The fourth-order valence-electron chi connectivity index (χ4n) is 1.41. The fourth-order valence-corrected chi connectivity index (χ4v) is 1.77. The van der Waals surface area contributed by atoms with E-state index in [2.05, 4.69) is 26.6 Å². The van der Waals surface area contributed by atoms with Crippen molar-refractivity contribution in [3.8, 4) is 6.07 Å². The molecule has 1 rings (SSSR count). The van der Waals surface area contributed by atoms with Crippen molar-refractivity contribution >= 4 is 33.6 Å². The number of hydrogen-bond acceptors (Lipinski definition) is 4. The first-order chi connectivity index (χ1) is 9.35. The van der Waals surface area contributed by atoms with Crippen LogP contribution < -0.4 is 10.6 Å². The number of halogens is 1. The molecule has 0 aliphatic carbocycles. The van der Waals surface area contributed by atoms with E-state index in [1.54, 1.807) is 6.07 Å². The number of aliphatic carboxylic acids is 1. The van der Waals surface area contributed by atoms with Gasteiger partial charge in [0.05, 0.1) is 17.4 Å². The zero-order valence-electron chi connectivity index (χ0n) is 10.4. The van der Waals surface area contributed by atoms with Gasteiger partial charge in [0.25, 0.3) is 0 Å². The van der Waals surface area contributed by atoms with Crippen LogP contribution in [0.2, 0.25) is 0 Å². The summed E-state index contributed by atoms with van der Waals surface area (Å²) in [6, 6.07) is 4.28. The molecule has 0 saturated heterocycles. The molecule has 2 amide bonds. The number of urea groups is 1. The van der Waals surface area contributed by atoms with E-state index in [0.717, 1.165) is 0 Å². The van der Waals surface area contributed by atoms with E-state index in [0.29, 0.717) is 4.47 Å². The molecule has 106 valence electrons. The molecule has 2 atom stereocenters. The number of carbonyl (C=O) groups excluding carboxylic acids is 1. The third kappa shape index (κ3) is 4.22. The maximum Gasteiger partial charge on any atom is 0.328 e. The molecule has 4 N–H and O–H groups in total. The monoisotopic (exact) mass is 341 g/mol. The molecule has 0 heterocycles. The average Bonchev–Trinajstić information content (AvgIpc) is 2.37. The number of benzene rings is 1. The maximum absolute atomic E-state index is 11.7. The number of nitrogens with one attached hydrogen (secondary N) is 2.